The molecule has 16 heavy (non-hydrogen) atoms. The third kappa shape index (κ3) is 3.50. The average Bonchev–Trinajstić information content (AvgIpc) is 2.25. The number of hydrogen-bond acceptors (Lipinski definition) is 3. The first-order valence-electron chi connectivity index (χ1n) is 4.80. The molecule has 88 valence electrons. The molecule has 0 aliphatic heterocycles. The fraction of sp³-hybridized carbons (Fsp3) is 0.364. The highest BCUT2D eigenvalue weighted by Gasteiger charge is 2.13. The van der Waals surface area contributed by atoms with E-state index in [1.165, 1.54) is 14.0 Å². The summed E-state index contributed by atoms with van der Waals surface area (Å²) >= 11 is 3.32. The maximum Gasteiger partial charge on any atom is 0.216 e. The van der Waals surface area contributed by atoms with E-state index in [0.717, 1.165) is 4.47 Å². The number of rotatable bonds is 4. The van der Waals surface area contributed by atoms with Crippen LogP contribution < -0.4 is 10.1 Å². The molecule has 0 spiro atoms. The van der Waals surface area contributed by atoms with Crippen LogP contribution in [0.2, 0.25) is 0 Å². The standard InChI is InChI=1S/C11H14BrNO3/c1-7(14)13-6-10(15)9-5-8(12)3-4-11(9)16-2/h3-5,10,15H,6H2,1-2H3,(H,13,14). The van der Waals surface area contributed by atoms with Crippen molar-refractivity contribution in [2.45, 2.75) is 13.0 Å². The zero-order chi connectivity index (χ0) is 12.1. The normalized spacial score (nSPS) is 12.0. The highest BCUT2D eigenvalue weighted by atomic mass is 79.9. The van der Waals surface area contributed by atoms with Gasteiger partial charge in [0.2, 0.25) is 5.91 Å². The predicted molar refractivity (Wildman–Crippen MR) is 64.3 cm³/mol. The summed E-state index contributed by atoms with van der Waals surface area (Å²) in [7, 11) is 1.54. The largest absolute Gasteiger partial charge is 0.496 e. The second-order valence-corrected chi connectivity index (χ2v) is 4.25. The van der Waals surface area contributed by atoms with E-state index in [4.69, 9.17) is 4.74 Å². The van der Waals surface area contributed by atoms with Crippen LogP contribution in [0.15, 0.2) is 22.7 Å². The summed E-state index contributed by atoms with van der Waals surface area (Å²) in [6.45, 7) is 1.58. The van der Waals surface area contributed by atoms with Crippen LogP contribution >= 0.6 is 15.9 Å². The fourth-order valence-corrected chi connectivity index (χ4v) is 1.69. The van der Waals surface area contributed by atoms with E-state index >= 15 is 0 Å². The van der Waals surface area contributed by atoms with Gasteiger partial charge in [-0.3, -0.25) is 4.79 Å². The molecule has 0 bridgehead atoms. The first kappa shape index (κ1) is 13.0. The Kier molecular flexibility index (Phi) is 4.76. The van der Waals surface area contributed by atoms with Crippen LogP contribution in [0.1, 0.15) is 18.6 Å². The molecule has 0 aliphatic rings. The number of carbonyl (C=O) groups is 1. The van der Waals surface area contributed by atoms with Gasteiger partial charge in [-0.1, -0.05) is 15.9 Å². The second-order valence-electron chi connectivity index (χ2n) is 3.34. The van der Waals surface area contributed by atoms with Gasteiger partial charge < -0.3 is 15.2 Å². The molecule has 1 unspecified atom stereocenters. The number of halogens is 1. The lowest BCUT2D eigenvalue weighted by atomic mass is 10.1. The smallest absolute Gasteiger partial charge is 0.216 e. The van der Waals surface area contributed by atoms with Crippen molar-refractivity contribution in [1.29, 1.82) is 0 Å². The minimum Gasteiger partial charge on any atom is -0.496 e. The van der Waals surface area contributed by atoms with Gasteiger partial charge in [-0.2, -0.15) is 0 Å². The third-order valence-electron chi connectivity index (χ3n) is 2.10. The second kappa shape index (κ2) is 5.86. The molecule has 1 aromatic rings. The monoisotopic (exact) mass is 287 g/mol. The predicted octanol–water partition coefficient (Wildman–Crippen LogP) is 1.63. The Morgan fingerprint density at radius 3 is 2.88 bits per heavy atom. The van der Waals surface area contributed by atoms with Crippen LogP contribution in [-0.2, 0) is 4.79 Å². The summed E-state index contributed by atoms with van der Waals surface area (Å²) in [5, 5.41) is 12.4. The van der Waals surface area contributed by atoms with Crippen molar-refractivity contribution < 1.29 is 14.6 Å². The number of amides is 1. The quantitative estimate of drug-likeness (QED) is 0.885. The Labute approximate surface area is 103 Å². The summed E-state index contributed by atoms with van der Waals surface area (Å²) < 4.78 is 5.99. The van der Waals surface area contributed by atoms with Gasteiger partial charge in [-0.25, -0.2) is 0 Å². The molecular formula is C11H14BrNO3. The van der Waals surface area contributed by atoms with Crippen molar-refractivity contribution in [2.75, 3.05) is 13.7 Å². The van der Waals surface area contributed by atoms with Crippen molar-refractivity contribution in [3.8, 4) is 5.75 Å². The van der Waals surface area contributed by atoms with Gasteiger partial charge in [0.15, 0.2) is 0 Å². The highest BCUT2D eigenvalue weighted by molar-refractivity contribution is 9.10. The van der Waals surface area contributed by atoms with Crippen LogP contribution in [0.4, 0.5) is 0 Å². The summed E-state index contributed by atoms with van der Waals surface area (Å²) in [6, 6.07) is 5.36. The van der Waals surface area contributed by atoms with Gasteiger partial charge in [-0.05, 0) is 18.2 Å². The molecule has 0 heterocycles. The first-order chi connectivity index (χ1) is 7.54. The summed E-state index contributed by atoms with van der Waals surface area (Å²) in [5.41, 5.74) is 0.644. The van der Waals surface area contributed by atoms with Crippen molar-refractivity contribution in [2.24, 2.45) is 0 Å². The van der Waals surface area contributed by atoms with Crippen LogP contribution in [0, 0.1) is 0 Å². The molecule has 1 amide bonds. The van der Waals surface area contributed by atoms with Crippen molar-refractivity contribution in [3.63, 3.8) is 0 Å². The first-order valence-corrected chi connectivity index (χ1v) is 5.60. The topological polar surface area (TPSA) is 58.6 Å². The number of aliphatic hydroxyl groups excluding tert-OH is 1. The number of ether oxygens (including phenoxy) is 1. The fourth-order valence-electron chi connectivity index (χ4n) is 1.32. The van der Waals surface area contributed by atoms with E-state index in [1.54, 1.807) is 12.1 Å². The van der Waals surface area contributed by atoms with Crippen LogP contribution in [0.3, 0.4) is 0 Å². The lowest BCUT2D eigenvalue weighted by Gasteiger charge is -2.15. The molecule has 0 radical (unpaired) electrons. The molecule has 4 nitrogen and oxygen atoms in total. The minimum absolute atomic E-state index is 0.169. The van der Waals surface area contributed by atoms with E-state index < -0.39 is 6.10 Å². The van der Waals surface area contributed by atoms with E-state index in [1.807, 2.05) is 6.07 Å². The number of nitrogens with one attached hydrogen (secondary N) is 1. The lowest BCUT2D eigenvalue weighted by Crippen LogP contribution is -2.26. The SMILES string of the molecule is COc1ccc(Br)cc1C(O)CNC(C)=O. The summed E-state index contributed by atoms with van der Waals surface area (Å²) in [6.07, 6.45) is -0.781. The highest BCUT2D eigenvalue weighted by Crippen LogP contribution is 2.28. The van der Waals surface area contributed by atoms with Gasteiger partial charge in [-0.15, -0.1) is 0 Å². The van der Waals surface area contributed by atoms with E-state index in [2.05, 4.69) is 21.2 Å². The third-order valence-corrected chi connectivity index (χ3v) is 2.59. The zero-order valence-electron chi connectivity index (χ0n) is 9.16. The van der Waals surface area contributed by atoms with E-state index in [-0.39, 0.29) is 12.5 Å². The van der Waals surface area contributed by atoms with Crippen LogP contribution in [0.25, 0.3) is 0 Å². The van der Waals surface area contributed by atoms with Crippen molar-refractivity contribution >= 4 is 21.8 Å². The lowest BCUT2D eigenvalue weighted by molar-refractivity contribution is -0.119. The average molecular weight is 288 g/mol. The van der Waals surface area contributed by atoms with E-state index in [0.29, 0.717) is 11.3 Å². The number of hydrogen-bond donors (Lipinski definition) is 2. The Hall–Kier alpha value is -1.07. The Balaban J connectivity index is 2.84. The number of aliphatic hydroxyl groups is 1. The van der Waals surface area contributed by atoms with E-state index in [9.17, 15) is 9.90 Å². The molecule has 5 heteroatoms. The molecular weight excluding hydrogens is 274 g/mol. The molecule has 1 rings (SSSR count). The summed E-state index contributed by atoms with van der Waals surface area (Å²) in [5.74, 6) is 0.425. The number of carbonyl (C=O) groups excluding carboxylic acids is 1. The number of benzene rings is 1. The maximum absolute atomic E-state index is 10.7. The maximum atomic E-state index is 10.7. The van der Waals surface area contributed by atoms with Gasteiger partial charge in [0.05, 0.1) is 13.2 Å². The molecule has 0 aliphatic carbocycles. The molecule has 0 saturated heterocycles. The Bertz CT molecular complexity index is 381. The Morgan fingerprint density at radius 1 is 1.62 bits per heavy atom. The van der Waals surface area contributed by atoms with Gasteiger partial charge in [0.1, 0.15) is 5.75 Å². The summed E-state index contributed by atoms with van der Waals surface area (Å²) in [4.78, 5) is 10.7. The molecule has 1 atom stereocenters. The molecule has 1 aromatic carbocycles. The Morgan fingerprint density at radius 2 is 2.31 bits per heavy atom. The molecule has 0 saturated carbocycles. The number of methoxy groups -OCH3 is 1. The molecule has 0 fully saturated rings. The minimum atomic E-state index is -0.781. The van der Waals surface area contributed by atoms with Gasteiger partial charge in [0.25, 0.3) is 0 Å². The van der Waals surface area contributed by atoms with Crippen molar-refractivity contribution in [3.05, 3.63) is 28.2 Å². The van der Waals surface area contributed by atoms with Crippen LogP contribution in [0.5, 0.6) is 5.75 Å². The zero-order valence-corrected chi connectivity index (χ0v) is 10.7. The van der Waals surface area contributed by atoms with Gasteiger partial charge in [0, 0.05) is 23.5 Å². The molecule has 2 N–H and O–H groups in total. The molecule has 0 aromatic heterocycles. The van der Waals surface area contributed by atoms with Crippen molar-refractivity contribution in [1.82, 2.24) is 5.32 Å². The van der Waals surface area contributed by atoms with Crippen LogP contribution in [-0.4, -0.2) is 24.7 Å². The van der Waals surface area contributed by atoms with Gasteiger partial charge >= 0.3 is 0 Å².